The maximum absolute atomic E-state index is 3.14. The van der Waals surface area contributed by atoms with E-state index in [0.29, 0.717) is 0 Å². The van der Waals surface area contributed by atoms with E-state index < -0.39 is 24.5 Å². The van der Waals surface area contributed by atoms with Gasteiger partial charge in [0.2, 0.25) is 0 Å². The van der Waals surface area contributed by atoms with Crippen LogP contribution in [0.5, 0.6) is 0 Å². The molecule has 0 atom stereocenters. The van der Waals surface area contributed by atoms with Crippen molar-refractivity contribution in [3.8, 4) is 0 Å². The van der Waals surface area contributed by atoms with E-state index in [9.17, 15) is 0 Å². The summed E-state index contributed by atoms with van der Waals surface area (Å²) in [4.78, 5) is 0. The van der Waals surface area contributed by atoms with E-state index in [0.717, 1.165) is 0 Å². The third kappa shape index (κ3) is 3.43. The molecule has 3 aliphatic rings. The van der Waals surface area contributed by atoms with Gasteiger partial charge in [-0.15, -0.1) is 0 Å². The maximum Gasteiger partial charge on any atom is 0.175 e. The summed E-state index contributed by atoms with van der Waals surface area (Å²) in [7, 11) is -4.02. The third-order valence-corrected chi connectivity index (χ3v) is 21.4. The maximum atomic E-state index is 3.14. The summed E-state index contributed by atoms with van der Waals surface area (Å²) in [6.07, 6.45) is 18.1. The lowest BCUT2D eigenvalue weighted by Crippen LogP contribution is -2.66. The van der Waals surface area contributed by atoms with Gasteiger partial charge in [-0.25, -0.2) is 0 Å². The first-order valence-electron chi connectivity index (χ1n) is 9.76. The van der Waals surface area contributed by atoms with Gasteiger partial charge in [0.25, 0.3) is 0 Å². The van der Waals surface area contributed by atoms with E-state index in [-0.39, 0.29) is 0 Å². The molecule has 0 N–H and O–H groups in total. The van der Waals surface area contributed by atoms with Crippen LogP contribution in [0.4, 0.5) is 0 Å². The fraction of sp³-hybridized carbons (Fsp3) is 0.600. The highest BCUT2D eigenvalue weighted by Crippen LogP contribution is 2.41. The second-order valence-corrected chi connectivity index (χ2v) is 23.9. The first-order valence-corrected chi connectivity index (χ1v) is 18.8. The Morgan fingerprint density at radius 2 is 1.46 bits per heavy atom. The smallest absolute Gasteiger partial charge is 0.175 e. The molecule has 132 valence electrons. The van der Waals surface area contributed by atoms with Crippen LogP contribution in [0.2, 0.25) is 50.9 Å². The Bertz CT molecular complexity index is 580. The monoisotopic (exact) mass is 373 g/mol. The molecule has 1 aliphatic heterocycles. The van der Waals surface area contributed by atoms with Gasteiger partial charge in [-0.05, 0) is 38.4 Å². The number of nitrogens with zero attached hydrogens (tertiary/aromatic N) is 1. The van der Waals surface area contributed by atoms with Crippen LogP contribution >= 0.6 is 0 Å². The molecule has 2 aliphatic carbocycles. The number of rotatable bonds is 3. The minimum atomic E-state index is -1.71. The predicted octanol–water partition coefficient (Wildman–Crippen LogP) is 6.03. The van der Waals surface area contributed by atoms with E-state index in [1.807, 2.05) is 0 Å². The first kappa shape index (κ1) is 18.4. The van der Waals surface area contributed by atoms with Crippen LogP contribution in [-0.4, -0.2) is 35.3 Å². The quantitative estimate of drug-likeness (QED) is 0.546. The van der Waals surface area contributed by atoms with Crippen molar-refractivity contribution < 1.29 is 0 Å². The molecule has 0 amide bonds. The largest absolute Gasteiger partial charge is 0.339 e. The molecular formula is C20H35NSi3. The minimum Gasteiger partial charge on any atom is -0.339 e. The van der Waals surface area contributed by atoms with Crippen molar-refractivity contribution in [3.05, 3.63) is 46.8 Å². The van der Waals surface area contributed by atoms with Crippen LogP contribution in [0.3, 0.4) is 0 Å². The van der Waals surface area contributed by atoms with Gasteiger partial charge >= 0.3 is 0 Å². The summed E-state index contributed by atoms with van der Waals surface area (Å²) in [5.74, 6) is 0. The zero-order chi connectivity index (χ0) is 17.4. The zero-order valence-electron chi connectivity index (χ0n) is 16.4. The Labute approximate surface area is 152 Å². The Hall–Kier alpha value is -0.429. The second kappa shape index (κ2) is 6.71. The van der Waals surface area contributed by atoms with Crippen LogP contribution in [0.1, 0.15) is 19.3 Å². The highest BCUT2D eigenvalue weighted by molar-refractivity contribution is 6.99. The zero-order valence-corrected chi connectivity index (χ0v) is 19.4. The van der Waals surface area contributed by atoms with Gasteiger partial charge in [0.05, 0.1) is 0 Å². The molecule has 24 heavy (non-hydrogen) atoms. The van der Waals surface area contributed by atoms with Gasteiger partial charge in [0, 0.05) is 8.07 Å². The fourth-order valence-electron chi connectivity index (χ4n) is 4.92. The molecule has 0 unspecified atom stereocenters. The van der Waals surface area contributed by atoms with Crippen molar-refractivity contribution in [1.82, 2.24) is 4.23 Å². The predicted molar refractivity (Wildman–Crippen MR) is 116 cm³/mol. The van der Waals surface area contributed by atoms with Crippen molar-refractivity contribution in [2.45, 2.75) is 70.1 Å². The number of hydrogen-bond acceptors (Lipinski definition) is 1. The number of allylic oxidation sites excluding steroid dienone is 8. The van der Waals surface area contributed by atoms with Crippen LogP contribution in [-0.2, 0) is 0 Å². The van der Waals surface area contributed by atoms with Crippen molar-refractivity contribution in [1.29, 1.82) is 0 Å². The molecule has 1 heterocycles. The topological polar surface area (TPSA) is 3.24 Å². The second-order valence-electron chi connectivity index (χ2n) is 9.45. The molecule has 0 spiro atoms. The molecule has 4 heteroatoms. The highest BCUT2D eigenvalue weighted by Gasteiger charge is 2.49. The molecule has 0 radical (unpaired) electrons. The van der Waals surface area contributed by atoms with E-state index in [4.69, 9.17) is 0 Å². The van der Waals surface area contributed by atoms with Crippen molar-refractivity contribution in [2.75, 3.05) is 6.54 Å². The molecule has 0 aromatic heterocycles. The summed E-state index contributed by atoms with van der Waals surface area (Å²) < 4.78 is 3.14. The summed E-state index contributed by atoms with van der Waals surface area (Å²) in [5, 5.41) is 3.52. The van der Waals surface area contributed by atoms with Crippen molar-refractivity contribution in [3.63, 3.8) is 0 Å². The van der Waals surface area contributed by atoms with Gasteiger partial charge in [0.15, 0.2) is 8.24 Å². The molecule has 3 rings (SSSR count). The average molecular weight is 374 g/mol. The lowest BCUT2D eigenvalue weighted by atomic mass is 10.5. The van der Waals surface area contributed by atoms with E-state index in [1.54, 1.807) is 16.4 Å². The van der Waals surface area contributed by atoms with Gasteiger partial charge in [-0.1, -0.05) is 85.1 Å². The Morgan fingerprint density at radius 3 is 1.96 bits per heavy atom. The average Bonchev–Trinajstić information content (AvgIpc) is 3.21. The summed E-state index contributed by atoms with van der Waals surface area (Å²) in [5.41, 5.74) is 0. The summed E-state index contributed by atoms with van der Waals surface area (Å²) in [6, 6.07) is 4.57. The standard InChI is InChI=1S/C20H35NSi3/c1-22(2)16-10-15-21(23(3,4)18-17-22)24(5,19-11-6-7-12-19)20-13-8-9-14-20/h6-9,11,13H,10,12,14-18H2,1-5H3. The third-order valence-electron chi connectivity index (χ3n) is 6.71. The van der Waals surface area contributed by atoms with Gasteiger partial charge in [-0.2, -0.15) is 0 Å². The Kier molecular flexibility index (Phi) is 5.13. The van der Waals surface area contributed by atoms with Crippen LogP contribution in [0.25, 0.3) is 0 Å². The lowest BCUT2D eigenvalue weighted by Gasteiger charge is -2.52. The molecule has 1 saturated heterocycles. The highest BCUT2D eigenvalue weighted by atomic mass is 28.4. The first-order chi connectivity index (χ1) is 11.3. The molecule has 0 aromatic carbocycles. The molecule has 1 nitrogen and oxygen atoms in total. The van der Waals surface area contributed by atoms with Crippen LogP contribution in [0, 0.1) is 0 Å². The molecular weight excluding hydrogens is 338 g/mol. The van der Waals surface area contributed by atoms with Gasteiger partial charge in [0.1, 0.15) is 8.24 Å². The molecule has 0 bridgehead atoms. The summed E-state index contributed by atoms with van der Waals surface area (Å²) in [6.45, 7) is 14.6. The lowest BCUT2D eigenvalue weighted by molar-refractivity contribution is 0.586. The Balaban J connectivity index is 1.97. The number of hydrogen-bond donors (Lipinski definition) is 0. The fourth-order valence-corrected chi connectivity index (χ4v) is 22.1. The van der Waals surface area contributed by atoms with E-state index >= 15 is 0 Å². The SMILES string of the molecule is C[Si]1(C)CCCN([Si](C)(C2=CC=CC2)C2=CC=CC2)[Si](C)(C)CC1. The van der Waals surface area contributed by atoms with Gasteiger partial charge < -0.3 is 4.23 Å². The van der Waals surface area contributed by atoms with Crippen molar-refractivity contribution in [2.24, 2.45) is 0 Å². The van der Waals surface area contributed by atoms with Crippen LogP contribution < -0.4 is 0 Å². The van der Waals surface area contributed by atoms with Crippen molar-refractivity contribution >= 4 is 24.5 Å². The molecule has 1 fully saturated rings. The minimum absolute atomic E-state index is 0.944. The van der Waals surface area contributed by atoms with Crippen LogP contribution in [0.15, 0.2) is 46.8 Å². The molecule has 0 aromatic rings. The van der Waals surface area contributed by atoms with Gasteiger partial charge in [-0.3, -0.25) is 0 Å². The normalized spacial score (nSPS) is 26.9. The van der Waals surface area contributed by atoms with E-state index in [2.05, 4.69) is 73.4 Å². The summed E-state index contributed by atoms with van der Waals surface area (Å²) >= 11 is 0. The van der Waals surface area contributed by atoms with E-state index in [1.165, 1.54) is 37.9 Å². The Morgan fingerprint density at radius 1 is 0.875 bits per heavy atom. The molecule has 0 saturated carbocycles.